The van der Waals surface area contributed by atoms with E-state index in [9.17, 15) is 0 Å². The fourth-order valence-electron chi connectivity index (χ4n) is 1.16. The van der Waals surface area contributed by atoms with Crippen LogP contribution in [0.4, 0.5) is 0 Å². The van der Waals surface area contributed by atoms with Crippen molar-refractivity contribution in [2.24, 2.45) is 0 Å². The first kappa shape index (κ1) is 74.4. The van der Waals surface area contributed by atoms with Crippen molar-refractivity contribution in [1.29, 1.82) is 0 Å². The van der Waals surface area contributed by atoms with Crippen LogP contribution < -0.4 is 16.0 Å². The molecule has 0 aromatic heterocycles. The van der Waals surface area contributed by atoms with Gasteiger partial charge in [-0.15, -0.1) is 50.3 Å². The van der Waals surface area contributed by atoms with E-state index in [0.717, 1.165) is 52.4 Å². The molecule has 0 bridgehead atoms. The van der Waals surface area contributed by atoms with Gasteiger partial charge in [-0.05, 0) is 13.1 Å². The quantitative estimate of drug-likeness (QED) is 0.404. The third kappa shape index (κ3) is 59.7. The van der Waals surface area contributed by atoms with E-state index in [4.69, 9.17) is 0 Å². The van der Waals surface area contributed by atoms with Crippen molar-refractivity contribution in [2.45, 2.75) is 0 Å². The third-order valence-electron chi connectivity index (χ3n) is 1.85. The van der Waals surface area contributed by atoms with E-state index >= 15 is 0 Å². The Morgan fingerprint density at radius 3 is 0.913 bits per heavy atom. The summed E-state index contributed by atoms with van der Waals surface area (Å²) in [5.41, 5.74) is 0. The predicted octanol–water partition coefficient (Wildman–Crippen LogP) is 3.56. The minimum atomic E-state index is 0. The first-order chi connectivity index (χ1) is 6.00. The minimum absolute atomic E-state index is 0. The molecule has 0 radical (unpaired) electrons. The normalized spacial score (nSPS) is 12.5. The van der Waals surface area contributed by atoms with Crippen LogP contribution in [0.15, 0.2) is 0 Å². The Kier molecular flexibility index (Phi) is 211. The van der Waals surface area contributed by atoms with E-state index in [1.165, 1.54) is 0 Å². The van der Waals surface area contributed by atoms with Crippen molar-refractivity contribution in [2.75, 3.05) is 52.4 Å². The molecule has 1 aliphatic rings. The molecule has 0 aromatic rings. The van der Waals surface area contributed by atoms with E-state index in [0.29, 0.717) is 0 Å². The Hall–Kier alpha value is 1.42. The zero-order valence-electron chi connectivity index (χ0n) is 16.3. The van der Waals surface area contributed by atoms with Crippen LogP contribution in [0.5, 0.6) is 0 Å². The topological polar surface area (TPSA) is 50.2 Å². The first-order valence-corrected chi connectivity index (χ1v) is 4.75. The average Bonchev–Trinajstić information content (AvgIpc) is 2.05. The molecule has 3 N–H and O–H groups in total. The number of halogens is 3. The maximum Gasteiger partial charge on any atom is 0.00772 e. The summed E-state index contributed by atoms with van der Waals surface area (Å²) >= 11 is 0. The zero-order chi connectivity index (χ0) is 8.49. The van der Waals surface area contributed by atoms with E-state index in [1.807, 2.05) is 0 Å². The molecule has 0 aliphatic carbocycles. The Morgan fingerprint density at radius 2 is 0.652 bits per heavy atom. The average molecular weight is 434 g/mol. The number of rotatable bonds is 0. The van der Waals surface area contributed by atoms with Crippen LogP contribution in [0.2, 0.25) is 0 Å². The van der Waals surface area contributed by atoms with Gasteiger partial charge in [0, 0.05) is 47.9 Å². The maximum atomic E-state index is 4.36. The van der Waals surface area contributed by atoms with Gasteiger partial charge in [0.2, 0.25) is 0 Å². The Labute approximate surface area is 184 Å². The molecule has 0 unspecified atom stereocenters. The molecule has 0 aromatic carbocycles. The Bertz CT molecular complexity index is 75.7. The number of nitrogens with one attached hydrogen (secondary N) is 3. The van der Waals surface area contributed by atoms with Crippen molar-refractivity contribution in [3.63, 3.8) is 0 Å². The van der Waals surface area contributed by atoms with Gasteiger partial charge in [-0.25, -0.2) is 0 Å². The molecular formula is C15H43Cl3N4Ti-8. The molecule has 4 nitrogen and oxygen atoms in total. The molecule has 0 saturated carbocycles. The van der Waals surface area contributed by atoms with Crippen LogP contribution in [-0.2, 0) is 21.7 Å². The summed E-state index contributed by atoms with van der Waals surface area (Å²) in [6.07, 6.45) is 0. The second-order valence-corrected chi connectivity index (χ2v) is 2.92. The van der Waals surface area contributed by atoms with Crippen LogP contribution in [0.25, 0.3) is 5.32 Å². The van der Waals surface area contributed by atoms with Gasteiger partial charge in [0.05, 0.1) is 0 Å². The smallest absolute Gasteiger partial charge is 0.00772 e. The van der Waals surface area contributed by atoms with Gasteiger partial charge in [-0.1, -0.05) is 0 Å². The van der Waals surface area contributed by atoms with Gasteiger partial charge in [0.25, 0.3) is 0 Å². The zero-order valence-corrected chi connectivity index (χ0v) is 20.3. The molecule has 8 heteroatoms. The summed E-state index contributed by atoms with van der Waals surface area (Å²) in [6.45, 7) is 8.14. The monoisotopic (exact) mass is 432 g/mol. The van der Waals surface area contributed by atoms with E-state index in [-0.39, 0.29) is 111 Å². The Balaban J connectivity index is -0.0000000145. The van der Waals surface area contributed by atoms with Gasteiger partial charge < -0.3 is 73.3 Å². The molecule has 0 amide bonds. The summed E-state index contributed by atoms with van der Waals surface area (Å²) in [6, 6.07) is 0. The Morgan fingerprint density at radius 1 is 0.435 bits per heavy atom. The molecule has 1 rings (SSSR count). The summed E-state index contributed by atoms with van der Waals surface area (Å²) in [4.78, 5) is 0. The molecule has 1 aliphatic heterocycles. The number of hydrogen-bond donors (Lipinski definition) is 3. The standard InChI is InChI=1S/C8H19N4.7CH3.3ClH.Ti/c1-2-10-5-6-12-8-7-11-4-3-9-1;;;;;;;;;;;/h9-11H,1-8H2;7*1H3;3*1H;/q8*-1;;;;. The molecule has 1 fully saturated rings. The summed E-state index contributed by atoms with van der Waals surface area (Å²) < 4.78 is 0. The van der Waals surface area contributed by atoms with Gasteiger partial charge in [-0.3, -0.25) is 0 Å². The fourth-order valence-corrected chi connectivity index (χ4v) is 1.16. The molecule has 23 heavy (non-hydrogen) atoms. The van der Waals surface area contributed by atoms with Crippen molar-refractivity contribution in [3.8, 4) is 0 Å². The second-order valence-electron chi connectivity index (χ2n) is 2.92. The first-order valence-electron chi connectivity index (χ1n) is 4.75. The van der Waals surface area contributed by atoms with Gasteiger partial charge >= 0.3 is 0 Å². The van der Waals surface area contributed by atoms with Crippen molar-refractivity contribution >= 4 is 37.2 Å². The SMILES string of the molecule is C1CNCCNCCNCC[N-]1.Cl.Cl.Cl.[CH3-].[CH3-].[CH3-].[CH3-].[CH3-].[CH3-].[CH3-].[Ti]. The molecule has 0 atom stereocenters. The van der Waals surface area contributed by atoms with Crippen LogP contribution in [-0.4, -0.2) is 52.4 Å². The second kappa shape index (κ2) is 65.4. The van der Waals surface area contributed by atoms with Crippen LogP contribution >= 0.6 is 37.2 Å². The molecule has 1 heterocycles. The van der Waals surface area contributed by atoms with Gasteiger partial charge in [-0.2, -0.15) is 0 Å². The maximum absolute atomic E-state index is 4.36. The van der Waals surface area contributed by atoms with Crippen molar-refractivity contribution in [1.82, 2.24) is 16.0 Å². The molecule has 0 spiro atoms. The minimum Gasteiger partial charge on any atom is -0.660 e. The summed E-state index contributed by atoms with van der Waals surface area (Å²) in [5.74, 6) is 0. The van der Waals surface area contributed by atoms with Crippen molar-refractivity contribution in [3.05, 3.63) is 57.3 Å². The molecule has 1 saturated heterocycles. The van der Waals surface area contributed by atoms with Crippen LogP contribution in [0.3, 0.4) is 0 Å². The molecule has 156 valence electrons. The third-order valence-corrected chi connectivity index (χ3v) is 1.85. The predicted molar refractivity (Wildman–Crippen MR) is 118 cm³/mol. The summed E-state index contributed by atoms with van der Waals surface area (Å²) in [7, 11) is 0. The van der Waals surface area contributed by atoms with Crippen LogP contribution in [0.1, 0.15) is 0 Å². The van der Waals surface area contributed by atoms with E-state index < -0.39 is 0 Å². The number of nitrogens with zero attached hydrogens (tertiary/aromatic N) is 1. The number of hydrogen-bond acceptors (Lipinski definition) is 3. The summed E-state index contributed by atoms with van der Waals surface area (Å²) in [5, 5.41) is 14.4. The van der Waals surface area contributed by atoms with E-state index in [2.05, 4.69) is 21.3 Å². The van der Waals surface area contributed by atoms with Crippen molar-refractivity contribution < 1.29 is 21.7 Å². The van der Waals surface area contributed by atoms with Crippen LogP contribution in [0, 0.1) is 52.0 Å². The largest absolute Gasteiger partial charge is 0.660 e. The molecular weight excluding hydrogens is 390 g/mol. The van der Waals surface area contributed by atoms with Gasteiger partial charge in [0.15, 0.2) is 0 Å². The van der Waals surface area contributed by atoms with Gasteiger partial charge in [0.1, 0.15) is 0 Å². The fraction of sp³-hybridized carbons (Fsp3) is 0.533. The van der Waals surface area contributed by atoms with E-state index in [1.54, 1.807) is 0 Å².